The van der Waals surface area contributed by atoms with Gasteiger partial charge in [-0.15, -0.1) is 0 Å². The first kappa shape index (κ1) is 14.0. The molecular formula is C17H17NO2. The lowest BCUT2D eigenvalue weighted by Gasteiger charge is -2.10. The fourth-order valence-corrected chi connectivity index (χ4v) is 2.11. The standard InChI is InChI=1S/C17H17NO2/c1-12-6-3-4-7-14(12)10-18-17(20)16-9-5-8-15(11-19)13(16)2/h3-9,11H,10H2,1-2H3,(H,18,20). The van der Waals surface area contributed by atoms with Crippen LogP contribution in [-0.4, -0.2) is 12.2 Å². The van der Waals surface area contributed by atoms with Crippen LogP contribution in [0.5, 0.6) is 0 Å². The van der Waals surface area contributed by atoms with Crippen LogP contribution in [-0.2, 0) is 6.54 Å². The largest absolute Gasteiger partial charge is 0.348 e. The molecule has 2 aromatic carbocycles. The number of benzene rings is 2. The van der Waals surface area contributed by atoms with Crippen molar-refractivity contribution >= 4 is 12.2 Å². The van der Waals surface area contributed by atoms with Gasteiger partial charge in [0.25, 0.3) is 5.91 Å². The maximum Gasteiger partial charge on any atom is 0.251 e. The van der Waals surface area contributed by atoms with Crippen molar-refractivity contribution < 1.29 is 9.59 Å². The van der Waals surface area contributed by atoms with E-state index in [4.69, 9.17) is 0 Å². The van der Waals surface area contributed by atoms with E-state index in [0.717, 1.165) is 17.4 Å². The van der Waals surface area contributed by atoms with Crippen molar-refractivity contribution in [2.45, 2.75) is 20.4 Å². The van der Waals surface area contributed by atoms with Crippen LogP contribution >= 0.6 is 0 Å². The minimum atomic E-state index is -0.158. The van der Waals surface area contributed by atoms with Gasteiger partial charge in [0.2, 0.25) is 0 Å². The predicted molar refractivity (Wildman–Crippen MR) is 78.9 cm³/mol. The monoisotopic (exact) mass is 267 g/mol. The van der Waals surface area contributed by atoms with Gasteiger partial charge in [-0.3, -0.25) is 9.59 Å². The number of hydrogen-bond acceptors (Lipinski definition) is 2. The zero-order chi connectivity index (χ0) is 14.5. The number of rotatable bonds is 4. The molecule has 0 aliphatic carbocycles. The van der Waals surface area contributed by atoms with Crippen LogP contribution in [0.25, 0.3) is 0 Å². The molecule has 0 fully saturated rings. The molecule has 20 heavy (non-hydrogen) atoms. The van der Waals surface area contributed by atoms with Crippen molar-refractivity contribution in [2.75, 3.05) is 0 Å². The van der Waals surface area contributed by atoms with Gasteiger partial charge in [-0.25, -0.2) is 0 Å². The van der Waals surface area contributed by atoms with Crippen molar-refractivity contribution in [1.82, 2.24) is 5.32 Å². The van der Waals surface area contributed by atoms with E-state index < -0.39 is 0 Å². The topological polar surface area (TPSA) is 46.2 Å². The summed E-state index contributed by atoms with van der Waals surface area (Å²) >= 11 is 0. The Morgan fingerprint density at radius 2 is 1.85 bits per heavy atom. The Kier molecular flexibility index (Phi) is 4.31. The minimum absolute atomic E-state index is 0.158. The van der Waals surface area contributed by atoms with Crippen LogP contribution < -0.4 is 5.32 Å². The molecule has 0 aromatic heterocycles. The molecule has 1 N–H and O–H groups in total. The highest BCUT2D eigenvalue weighted by Gasteiger charge is 2.11. The lowest BCUT2D eigenvalue weighted by atomic mass is 10.0. The molecule has 0 atom stereocenters. The highest BCUT2D eigenvalue weighted by atomic mass is 16.1. The SMILES string of the molecule is Cc1ccccc1CNC(=O)c1cccc(C=O)c1C. The second-order valence-electron chi connectivity index (χ2n) is 4.75. The van der Waals surface area contributed by atoms with Crippen LogP contribution in [0, 0.1) is 13.8 Å². The summed E-state index contributed by atoms with van der Waals surface area (Å²) in [6.45, 7) is 4.28. The van der Waals surface area contributed by atoms with Gasteiger partial charge in [-0.2, -0.15) is 0 Å². The zero-order valence-electron chi connectivity index (χ0n) is 11.6. The van der Waals surface area contributed by atoms with Gasteiger partial charge >= 0.3 is 0 Å². The molecule has 2 aromatic rings. The molecule has 0 aliphatic heterocycles. The molecular weight excluding hydrogens is 250 g/mol. The minimum Gasteiger partial charge on any atom is -0.348 e. The highest BCUT2D eigenvalue weighted by Crippen LogP contribution is 2.13. The van der Waals surface area contributed by atoms with Crippen LogP contribution in [0.1, 0.15) is 37.4 Å². The van der Waals surface area contributed by atoms with E-state index in [1.54, 1.807) is 25.1 Å². The number of aldehydes is 1. The molecule has 0 radical (unpaired) electrons. The smallest absolute Gasteiger partial charge is 0.251 e. The van der Waals surface area contributed by atoms with Crippen molar-refractivity contribution in [3.8, 4) is 0 Å². The molecule has 102 valence electrons. The maximum absolute atomic E-state index is 12.2. The highest BCUT2D eigenvalue weighted by molar-refractivity contribution is 5.97. The van der Waals surface area contributed by atoms with Gasteiger partial charge in [-0.1, -0.05) is 36.4 Å². The fourth-order valence-electron chi connectivity index (χ4n) is 2.11. The molecule has 0 spiro atoms. The Morgan fingerprint density at radius 1 is 1.10 bits per heavy atom. The first-order valence-corrected chi connectivity index (χ1v) is 6.51. The zero-order valence-corrected chi connectivity index (χ0v) is 11.6. The van der Waals surface area contributed by atoms with Crippen molar-refractivity contribution in [3.05, 3.63) is 70.3 Å². The average molecular weight is 267 g/mol. The van der Waals surface area contributed by atoms with E-state index in [2.05, 4.69) is 5.32 Å². The fraction of sp³-hybridized carbons (Fsp3) is 0.176. The van der Waals surface area contributed by atoms with Gasteiger partial charge in [0.05, 0.1) is 0 Å². The molecule has 3 heteroatoms. The summed E-state index contributed by atoms with van der Waals surface area (Å²) in [4.78, 5) is 23.1. The van der Waals surface area contributed by atoms with Crippen LogP contribution in [0.2, 0.25) is 0 Å². The van der Waals surface area contributed by atoms with E-state index in [1.807, 2.05) is 31.2 Å². The van der Waals surface area contributed by atoms with E-state index >= 15 is 0 Å². The van der Waals surface area contributed by atoms with Crippen LogP contribution in [0.3, 0.4) is 0 Å². The summed E-state index contributed by atoms with van der Waals surface area (Å²) < 4.78 is 0. The number of amides is 1. The van der Waals surface area contributed by atoms with Crippen molar-refractivity contribution in [1.29, 1.82) is 0 Å². The summed E-state index contributed by atoms with van der Waals surface area (Å²) in [5, 5.41) is 2.89. The summed E-state index contributed by atoms with van der Waals surface area (Å²) in [5.74, 6) is -0.158. The van der Waals surface area contributed by atoms with E-state index in [9.17, 15) is 9.59 Å². The normalized spacial score (nSPS) is 10.1. The van der Waals surface area contributed by atoms with E-state index in [1.165, 1.54) is 0 Å². The van der Waals surface area contributed by atoms with Crippen LogP contribution in [0.4, 0.5) is 0 Å². The Hall–Kier alpha value is -2.42. The van der Waals surface area contributed by atoms with Gasteiger partial charge in [-0.05, 0) is 36.6 Å². The van der Waals surface area contributed by atoms with Gasteiger partial charge in [0, 0.05) is 17.7 Å². The molecule has 2 rings (SSSR count). The number of carbonyl (C=O) groups excluding carboxylic acids is 2. The lowest BCUT2D eigenvalue weighted by Crippen LogP contribution is -2.24. The quantitative estimate of drug-likeness (QED) is 0.865. The lowest BCUT2D eigenvalue weighted by molar-refractivity contribution is 0.0950. The summed E-state index contributed by atoms with van der Waals surface area (Å²) in [6, 6.07) is 13.1. The second-order valence-corrected chi connectivity index (χ2v) is 4.75. The van der Waals surface area contributed by atoms with Gasteiger partial charge in [0.15, 0.2) is 0 Å². The third kappa shape index (κ3) is 2.94. The van der Waals surface area contributed by atoms with Crippen molar-refractivity contribution in [2.24, 2.45) is 0 Å². The van der Waals surface area contributed by atoms with E-state index in [0.29, 0.717) is 23.2 Å². The van der Waals surface area contributed by atoms with Gasteiger partial charge < -0.3 is 5.32 Å². The Balaban J connectivity index is 2.13. The third-order valence-electron chi connectivity index (χ3n) is 3.45. The first-order valence-electron chi connectivity index (χ1n) is 6.51. The molecule has 0 bridgehead atoms. The molecule has 0 saturated heterocycles. The Labute approximate surface area is 118 Å². The maximum atomic E-state index is 12.2. The van der Waals surface area contributed by atoms with Gasteiger partial charge in [0.1, 0.15) is 6.29 Å². The number of aryl methyl sites for hydroxylation is 1. The number of hydrogen-bond donors (Lipinski definition) is 1. The second kappa shape index (κ2) is 6.15. The first-order chi connectivity index (χ1) is 9.63. The molecule has 0 unspecified atom stereocenters. The average Bonchev–Trinajstić information content (AvgIpc) is 2.46. The Bertz CT molecular complexity index is 647. The summed E-state index contributed by atoms with van der Waals surface area (Å²) in [7, 11) is 0. The Morgan fingerprint density at radius 3 is 2.55 bits per heavy atom. The summed E-state index contributed by atoms with van der Waals surface area (Å²) in [6.07, 6.45) is 0.771. The number of nitrogens with one attached hydrogen (secondary N) is 1. The van der Waals surface area contributed by atoms with Crippen molar-refractivity contribution in [3.63, 3.8) is 0 Å². The predicted octanol–water partition coefficient (Wildman–Crippen LogP) is 3.05. The molecule has 1 amide bonds. The van der Waals surface area contributed by atoms with E-state index in [-0.39, 0.29) is 5.91 Å². The molecule has 0 saturated carbocycles. The molecule has 0 heterocycles. The molecule has 3 nitrogen and oxygen atoms in total. The number of carbonyl (C=O) groups is 2. The summed E-state index contributed by atoms with van der Waals surface area (Å²) in [5.41, 5.74) is 4.04. The van der Waals surface area contributed by atoms with Crippen LogP contribution in [0.15, 0.2) is 42.5 Å². The molecule has 0 aliphatic rings. The third-order valence-corrected chi connectivity index (χ3v) is 3.45.